The highest BCUT2D eigenvalue weighted by Crippen LogP contribution is 2.16. The summed E-state index contributed by atoms with van der Waals surface area (Å²) in [6.45, 7) is 8.04. The summed E-state index contributed by atoms with van der Waals surface area (Å²) in [5.41, 5.74) is 5.75. The fraction of sp³-hybridized carbons (Fsp3) is 0.636. The van der Waals surface area contributed by atoms with E-state index in [0.29, 0.717) is 0 Å². The summed E-state index contributed by atoms with van der Waals surface area (Å²) in [5.74, 6) is 0. The lowest BCUT2D eigenvalue weighted by Crippen LogP contribution is -2.42. The van der Waals surface area contributed by atoms with Crippen LogP contribution in [0.25, 0.3) is 0 Å². The van der Waals surface area contributed by atoms with Gasteiger partial charge in [0.15, 0.2) is 0 Å². The maximum atomic E-state index is 5.87. The van der Waals surface area contributed by atoms with Crippen LogP contribution in [0.2, 0.25) is 0 Å². The summed E-state index contributed by atoms with van der Waals surface area (Å²) in [6.07, 6.45) is 1.13. The van der Waals surface area contributed by atoms with E-state index in [-0.39, 0.29) is 5.54 Å². The SMILES string of the molecule is CCc1ccc(CNCC(C)(C)N)s1. The van der Waals surface area contributed by atoms with Crippen molar-refractivity contribution in [2.45, 2.75) is 39.3 Å². The fourth-order valence-corrected chi connectivity index (χ4v) is 2.14. The van der Waals surface area contributed by atoms with Crippen molar-refractivity contribution in [3.05, 3.63) is 21.9 Å². The molecule has 3 heteroatoms. The highest BCUT2D eigenvalue weighted by molar-refractivity contribution is 7.11. The Morgan fingerprint density at radius 3 is 2.50 bits per heavy atom. The topological polar surface area (TPSA) is 38.0 Å². The third-order valence-electron chi connectivity index (χ3n) is 1.95. The lowest BCUT2D eigenvalue weighted by atomic mass is 10.1. The molecule has 1 heterocycles. The predicted octanol–water partition coefficient (Wildman–Crippen LogP) is 2.14. The van der Waals surface area contributed by atoms with E-state index in [2.05, 4.69) is 24.4 Å². The number of aryl methyl sites for hydroxylation is 1. The van der Waals surface area contributed by atoms with E-state index >= 15 is 0 Å². The molecule has 80 valence electrons. The van der Waals surface area contributed by atoms with Crippen molar-refractivity contribution >= 4 is 11.3 Å². The molecule has 0 fully saturated rings. The standard InChI is InChI=1S/C11H20N2S/c1-4-9-5-6-10(14-9)7-13-8-11(2,3)12/h5-6,13H,4,7-8,12H2,1-3H3. The van der Waals surface area contributed by atoms with Crippen LogP contribution in [0.4, 0.5) is 0 Å². The van der Waals surface area contributed by atoms with Gasteiger partial charge in [0.1, 0.15) is 0 Å². The Balaban J connectivity index is 2.31. The molecule has 0 atom stereocenters. The number of thiophene rings is 1. The lowest BCUT2D eigenvalue weighted by Gasteiger charge is -2.18. The molecule has 14 heavy (non-hydrogen) atoms. The molecule has 0 bridgehead atoms. The van der Waals surface area contributed by atoms with E-state index in [1.54, 1.807) is 0 Å². The van der Waals surface area contributed by atoms with E-state index in [4.69, 9.17) is 5.73 Å². The number of rotatable bonds is 5. The molecule has 1 aromatic rings. The second kappa shape index (κ2) is 4.91. The first-order valence-electron chi connectivity index (χ1n) is 5.08. The van der Waals surface area contributed by atoms with Crippen LogP contribution in [-0.4, -0.2) is 12.1 Å². The summed E-state index contributed by atoms with van der Waals surface area (Å²) in [5, 5.41) is 3.36. The first kappa shape index (κ1) is 11.7. The molecule has 0 amide bonds. The first-order valence-corrected chi connectivity index (χ1v) is 5.90. The molecular formula is C11H20N2S. The quantitative estimate of drug-likeness (QED) is 0.785. The molecule has 0 saturated heterocycles. The van der Waals surface area contributed by atoms with Gasteiger partial charge in [0, 0.05) is 28.4 Å². The minimum absolute atomic E-state index is 0.120. The van der Waals surface area contributed by atoms with Crippen LogP contribution in [0.3, 0.4) is 0 Å². The van der Waals surface area contributed by atoms with Crippen LogP contribution in [0.5, 0.6) is 0 Å². The van der Waals surface area contributed by atoms with Crippen LogP contribution in [-0.2, 0) is 13.0 Å². The van der Waals surface area contributed by atoms with Gasteiger partial charge in [0.2, 0.25) is 0 Å². The van der Waals surface area contributed by atoms with Crippen LogP contribution in [0.15, 0.2) is 12.1 Å². The van der Waals surface area contributed by atoms with Gasteiger partial charge in [-0.2, -0.15) is 0 Å². The normalized spacial score (nSPS) is 12.0. The molecule has 3 N–H and O–H groups in total. The Kier molecular flexibility index (Phi) is 4.11. The third-order valence-corrected chi connectivity index (χ3v) is 3.18. The van der Waals surface area contributed by atoms with Crippen molar-refractivity contribution in [2.24, 2.45) is 5.73 Å². The molecule has 0 aromatic carbocycles. The van der Waals surface area contributed by atoms with Crippen molar-refractivity contribution in [3.8, 4) is 0 Å². The van der Waals surface area contributed by atoms with E-state index in [1.165, 1.54) is 9.75 Å². The van der Waals surface area contributed by atoms with Crippen LogP contribution in [0.1, 0.15) is 30.5 Å². The molecule has 1 rings (SSSR count). The number of hydrogen-bond acceptors (Lipinski definition) is 3. The van der Waals surface area contributed by atoms with Gasteiger partial charge >= 0.3 is 0 Å². The molecule has 1 aromatic heterocycles. The van der Waals surface area contributed by atoms with Gasteiger partial charge < -0.3 is 11.1 Å². The van der Waals surface area contributed by atoms with Gasteiger partial charge in [-0.1, -0.05) is 6.92 Å². The minimum Gasteiger partial charge on any atom is -0.324 e. The average molecular weight is 212 g/mol. The third kappa shape index (κ3) is 4.22. The zero-order valence-corrected chi connectivity index (χ0v) is 10.1. The van der Waals surface area contributed by atoms with Crippen molar-refractivity contribution in [1.29, 1.82) is 0 Å². The monoisotopic (exact) mass is 212 g/mol. The fourth-order valence-electron chi connectivity index (χ4n) is 1.22. The van der Waals surface area contributed by atoms with Gasteiger partial charge in [-0.3, -0.25) is 0 Å². The van der Waals surface area contributed by atoms with Crippen LogP contribution < -0.4 is 11.1 Å². The Morgan fingerprint density at radius 1 is 1.36 bits per heavy atom. The molecule has 0 saturated carbocycles. The summed E-state index contributed by atoms with van der Waals surface area (Å²) >= 11 is 1.88. The molecule has 0 aliphatic heterocycles. The van der Waals surface area contributed by atoms with E-state index in [1.807, 2.05) is 25.2 Å². The minimum atomic E-state index is -0.120. The van der Waals surface area contributed by atoms with Gasteiger partial charge in [-0.05, 0) is 32.4 Å². The van der Waals surface area contributed by atoms with Gasteiger partial charge in [0.25, 0.3) is 0 Å². The van der Waals surface area contributed by atoms with E-state index in [9.17, 15) is 0 Å². The Hall–Kier alpha value is -0.380. The van der Waals surface area contributed by atoms with Gasteiger partial charge in [-0.25, -0.2) is 0 Å². The van der Waals surface area contributed by atoms with Crippen molar-refractivity contribution in [1.82, 2.24) is 5.32 Å². The van der Waals surface area contributed by atoms with Gasteiger partial charge in [-0.15, -0.1) is 11.3 Å². The smallest absolute Gasteiger partial charge is 0.0300 e. The van der Waals surface area contributed by atoms with Crippen molar-refractivity contribution < 1.29 is 0 Å². The Labute approximate surface area is 90.5 Å². The predicted molar refractivity (Wildman–Crippen MR) is 63.7 cm³/mol. The second-order valence-corrected chi connectivity index (χ2v) is 5.57. The molecule has 2 nitrogen and oxygen atoms in total. The van der Waals surface area contributed by atoms with Crippen molar-refractivity contribution in [2.75, 3.05) is 6.54 Å². The molecular weight excluding hydrogens is 192 g/mol. The summed E-state index contributed by atoms with van der Waals surface area (Å²) in [7, 11) is 0. The number of nitrogens with one attached hydrogen (secondary N) is 1. The average Bonchev–Trinajstić information content (AvgIpc) is 2.50. The Morgan fingerprint density at radius 2 is 2.00 bits per heavy atom. The van der Waals surface area contributed by atoms with Crippen LogP contribution in [0, 0.1) is 0 Å². The maximum absolute atomic E-state index is 5.87. The Bertz CT molecular complexity index is 273. The molecule has 0 unspecified atom stereocenters. The summed E-state index contributed by atoms with van der Waals surface area (Å²) in [6, 6.07) is 4.40. The largest absolute Gasteiger partial charge is 0.324 e. The molecule has 0 aliphatic carbocycles. The molecule has 0 spiro atoms. The summed E-state index contributed by atoms with van der Waals surface area (Å²) in [4.78, 5) is 2.85. The highest BCUT2D eigenvalue weighted by Gasteiger charge is 2.09. The zero-order chi connectivity index (χ0) is 10.6. The first-order chi connectivity index (χ1) is 6.51. The van der Waals surface area contributed by atoms with Crippen molar-refractivity contribution in [3.63, 3.8) is 0 Å². The van der Waals surface area contributed by atoms with Gasteiger partial charge in [0.05, 0.1) is 0 Å². The van der Waals surface area contributed by atoms with Crippen LogP contribution >= 0.6 is 11.3 Å². The zero-order valence-electron chi connectivity index (χ0n) is 9.26. The lowest BCUT2D eigenvalue weighted by molar-refractivity contribution is 0.468. The maximum Gasteiger partial charge on any atom is 0.0300 e. The molecule has 0 aliphatic rings. The van der Waals surface area contributed by atoms with E-state index < -0.39 is 0 Å². The molecule has 0 radical (unpaired) electrons. The highest BCUT2D eigenvalue weighted by atomic mass is 32.1. The summed E-state index contributed by atoms with van der Waals surface area (Å²) < 4.78 is 0. The number of nitrogens with two attached hydrogens (primary N) is 1. The van der Waals surface area contributed by atoms with E-state index in [0.717, 1.165) is 19.5 Å². The number of hydrogen-bond donors (Lipinski definition) is 2. The second-order valence-electron chi connectivity index (χ2n) is 4.31.